The smallest absolute Gasteiger partial charge is 0.282 e. The second kappa shape index (κ2) is 6.35. The van der Waals surface area contributed by atoms with Gasteiger partial charge in [-0.1, -0.05) is 0 Å². The van der Waals surface area contributed by atoms with Crippen LogP contribution in [0, 0.1) is 0 Å². The van der Waals surface area contributed by atoms with E-state index in [1.165, 1.54) is 13.5 Å². The van der Waals surface area contributed by atoms with Crippen LogP contribution in [0.1, 0.15) is 0 Å². The van der Waals surface area contributed by atoms with Crippen molar-refractivity contribution in [3.63, 3.8) is 0 Å². The molecule has 2 aliphatic heterocycles. The number of nitrogens with zero attached hydrogens (tertiary/aromatic N) is 3. The molecule has 2 fully saturated rings. The minimum atomic E-state index is -3.61. The standard InChI is InChI=1S/C11H22N4O4S/c1-13(2)11(16)10-9-12-3-4-15(10)20(17,18)14-5-7-19-8-6-14/h10,12H,3-9H2,1-2H3. The monoisotopic (exact) mass is 306 g/mol. The van der Waals surface area contributed by atoms with Gasteiger partial charge in [-0.3, -0.25) is 4.79 Å². The fourth-order valence-corrected chi connectivity index (χ4v) is 4.11. The first-order valence-corrected chi connectivity index (χ1v) is 8.11. The summed E-state index contributed by atoms with van der Waals surface area (Å²) in [6, 6.07) is -0.674. The number of carbonyl (C=O) groups is 1. The number of morpholine rings is 1. The van der Waals surface area contributed by atoms with Crippen molar-refractivity contribution in [1.82, 2.24) is 18.8 Å². The average molecular weight is 306 g/mol. The Morgan fingerprint density at radius 3 is 2.50 bits per heavy atom. The Kier molecular flexibility index (Phi) is 4.97. The molecule has 0 radical (unpaired) electrons. The second-order valence-corrected chi connectivity index (χ2v) is 6.96. The van der Waals surface area contributed by atoms with Gasteiger partial charge in [0, 0.05) is 46.8 Å². The topological polar surface area (TPSA) is 82.2 Å². The second-order valence-electron chi connectivity index (χ2n) is 5.08. The summed E-state index contributed by atoms with van der Waals surface area (Å²) in [4.78, 5) is 13.6. The molecule has 1 unspecified atom stereocenters. The van der Waals surface area contributed by atoms with Gasteiger partial charge in [0.2, 0.25) is 5.91 Å². The predicted molar refractivity (Wildman–Crippen MR) is 73.4 cm³/mol. The number of amides is 1. The van der Waals surface area contributed by atoms with Crippen molar-refractivity contribution >= 4 is 16.1 Å². The lowest BCUT2D eigenvalue weighted by atomic mass is 10.2. The Balaban J connectivity index is 2.20. The fraction of sp³-hybridized carbons (Fsp3) is 0.909. The Morgan fingerprint density at radius 1 is 1.25 bits per heavy atom. The van der Waals surface area contributed by atoms with E-state index in [1.54, 1.807) is 14.1 Å². The molecule has 20 heavy (non-hydrogen) atoms. The van der Waals surface area contributed by atoms with Crippen LogP contribution in [0.4, 0.5) is 0 Å². The van der Waals surface area contributed by atoms with Crippen LogP contribution in [-0.2, 0) is 19.7 Å². The van der Waals surface area contributed by atoms with Gasteiger partial charge < -0.3 is 15.0 Å². The lowest BCUT2D eigenvalue weighted by Gasteiger charge is -2.39. The van der Waals surface area contributed by atoms with Gasteiger partial charge in [-0.2, -0.15) is 17.0 Å². The number of piperazine rings is 1. The molecule has 0 aromatic heterocycles. The maximum atomic E-state index is 12.7. The van der Waals surface area contributed by atoms with Crippen LogP contribution < -0.4 is 5.32 Å². The van der Waals surface area contributed by atoms with Crippen LogP contribution in [0.2, 0.25) is 0 Å². The average Bonchev–Trinajstić information content (AvgIpc) is 2.47. The first-order valence-electron chi connectivity index (χ1n) is 6.71. The molecule has 1 atom stereocenters. The van der Waals surface area contributed by atoms with Gasteiger partial charge in [0.1, 0.15) is 6.04 Å². The maximum absolute atomic E-state index is 12.7. The quantitative estimate of drug-likeness (QED) is 0.647. The van der Waals surface area contributed by atoms with E-state index in [9.17, 15) is 13.2 Å². The van der Waals surface area contributed by atoms with Crippen molar-refractivity contribution in [1.29, 1.82) is 0 Å². The number of nitrogens with one attached hydrogen (secondary N) is 1. The van der Waals surface area contributed by atoms with E-state index in [-0.39, 0.29) is 5.91 Å². The Labute approximate surface area is 119 Å². The van der Waals surface area contributed by atoms with Gasteiger partial charge >= 0.3 is 0 Å². The molecule has 1 N–H and O–H groups in total. The van der Waals surface area contributed by atoms with Gasteiger partial charge in [0.15, 0.2) is 0 Å². The first-order chi connectivity index (χ1) is 9.44. The zero-order chi connectivity index (χ0) is 14.8. The highest BCUT2D eigenvalue weighted by Gasteiger charge is 2.40. The Bertz CT molecular complexity index is 447. The van der Waals surface area contributed by atoms with Gasteiger partial charge in [-0.05, 0) is 0 Å². The van der Waals surface area contributed by atoms with E-state index in [4.69, 9.17) is 4.74 Å². The van der Waals surface area contributed by atoms with E-state index >= 15 is 0 Å². The van der Waals surface area contributed by atoms with Gasteiger partial charge in [-0.25, -0.2) is 0 Å². The number of carbonyl (C=O) groups excluding carboxylic acids is 1. The highest BCUT2D eigenvalue weighted by atomic mass is 32.2. The van der Waals surface area contributed by atoms with E-state index in [0.29, 0.717) is 45.9 Å². The highest BCUT2D eigenvalue weighted by Crippen LogP contribution is 2.17. The number of ether oxygens (including phenoxy) is 1. The SMILES string of the molecule is CN(C)C(=O)C1CNCCN1S(=O)(=O)N1CCOCC1. The highest BCUT2D eigenvalue weighted by molar-refractivity contribution is 7.86. The van der Waals surface area contributed by atoms with Crippen LogP contribution in [0.5, 0.6) is 0 Å². The van der Waals surface area contributed by atoms with E-state index in [1.807, 2.05) is 0 Å². The third kappa shape index (κ3) is 3.12. The number of rotatable bonds is 3. The molecule has 0 bridgehead atoms. The van der Waals surface area contributed by atoms with Crippen LogP contribution >= 0.6 is 0 Å². The molecule has 2 saturated heterocycles. The molecule has 0 aromatic carbocycles. The molecule has 116 valence electrons. The molecule has 0 aliphatic carbocycles. The third-order valence-corrected chi connectivity index (χ3v) is 5.56. The minimum Gasteiger partial charge on any atom is -0.379 e. The summed E-state index contributed by atoms with van der Waals surface area (Å²) in [6.07, 6.45) is 0. The van der Waals surface area contributed by atoms with Crippen molar-refractivity contribution in [3.05, 3.63) is 0 Å². The van der Waals surface area contributed by atoms with Crippen LogP contribution in [0.3, 0.4) is 0 Å². The zero-order valence-electron chi connectivity index (χ0n) is 11.9. The lowest BCUT2D eigenvalue weighted by Crippen LogP contribution is -2.62. The van der Waals surface area contributed by atoms with Crippen LogP contribution in [0.25, 0.3) is 0 Å². The lowest BCUT2D eigenvalue weighted by molar-refractivity contribution is -0.133. The van der Waals surface area contributed by atoms with Crippen molar-refractivity contribution < 1.29 is 17.9 Å². The van der Waals surface area contributed by atoms with E-state index in [2.05, 4.69) is 5.32 Å². The normalized spacial score (nSPS) is 26.4. The Hall–Kier alpha value is -0.740. The first kappa shape index (κ1) is 15.6. The number of hydrogen-bond acceptors (Lipinski definition) is 5. The summed E-state index contributed by atoms with van der Waals surface area (Å²) in [7, 11) is -0.343. The minimum absolute atomic E-state index is 0.200. The van der Waals surface area contributed by atoms with Crippen molar-refractivity contribution in [3.8, 4) is 0 Å². The van der Waals surface area contributed by atoms with Crippen LogP contribution in [-0.4, -0.2) is 93.9 Å². The summed E-state index contributed by atoms with van der Waals surface area (Å²) in [6.45, 7) is 2.70. The van der Waals surface area contributed by atoms with Gasteiger partial charge in [-0.15, -0.1) is 0 Å². The summed E-state index contributed by atoms with van der Waals surface area (Å²) >= 11 is 0. The molecule has 0 aromatic rings. The van der Waals surface area contributed by atoms with Gasteiger partial charge in [0.05, 0.1) is 13.2 Å². The number of hydrogen-bond donors (Lipinski definition) is 1. The molecular weight excluding hydrogens is 284 g/mol. The van der Waals surface area contributed by atoms with Crippen molar-refractivity contribution in [2.75, 3.05) is 60.0 Å². The molecule has 2 aliphatic rings. The van der Waals surface area contributed by atoms with E-state index < -0.39 is 16.3 Å². The maximum Gasteiger partial charge on any atom is 0.282 e. The molecule has 0 spiro atoms. The zero-order valence-corrected chi connectivity index (χ0v) is 12.7. The molecule has 1 amide bonds. The Morgan fingerprint density at radius 2 is 1.90 bits per heavy atom. The molecule has 0 saturated carbocycles. The largest absolute Gasteiger partial charge is 0.379 e. The third-order valence-electron chi connectivity index (χ3n) is 3.51. The summed E-state index contributed by atoms with van der Waals surface area (Å²) in [5, 5.41) is 3.08. The molecule has 8 nitrogen and oxygen atoms in total. The predicted octanol–water partition coefficient (Wildman–Crippen LogP) is -2.07. The van der Waals surface area contributed by atoms with E-state index in [0.717, 1.165) is 0 Å². The van der Waals surface area contributed by atoms with Crippen LogP contribution in [0.15, 0.2) is 0 Å². The van der Waals surface area contributed by atoms with Crippen molar-refractivity contribution in [2.45, 2.75) is 6.04 Å². The molecule has 2 rings (SSSR count). The summed E-state index contributed by atoms with van der Waals surface area (Å²) in [5.41, 5.74) is 0. The molecular formula is C11H22N4O4S. The molecule has 2 heterocycles. The molecule has 9 heteroatoms. The summed E-state index contributed by atoms with van der Waals surface area (Å²) < 4.78 is 33.3. The number of likely N-dealkylation sites (N-methyl/N-ethyl adjacent to an activating group) is 1. The summed E-state index contributed by atoms with van der Waals surface area (Å²) in [5.74, 6) is -0.200. The van der Waals surface area contributed by atoms with Crippen molar-refractivity contribution in [2.24, 2.45) is 0 Å². The fourth-order valence-electron chi connectivity index (χ4n) is 2.40. The van der Waals surface area contributed by atoms with Gasteiger partial charge in [0.25, 0.3) is 10.2 Å².